The van der Waals surface area contributed by atoms with E-state index in [0.717, 1.165) is 5.56 Å². The molecule has 8 nitrogen and oxygen atoms in total. The van der Waals surface area contributed by atoms with Crippen LogP contribution in [0.5, 0.6) is 11.5 Å². The number of hydrogen-bond donors (Lipinski definition) is 3. The number of hydrogen-bond acceptors (Lipinski definition) is 6. The molecule has 0 fully saturated rings. The van der Waals surface area contributed by atoms with Gasteiger partial charge in [0, 0.05) is 19.3 Å². The molecule has 0 unspecified atom stereocenters. The molecule has 1 aromatic carbocycles. The largest absolute Gasteiger partial charge is 0.493 e. The van der Waals surface area contributed by atoms with Crippen LogP contribution < -0.4 is 20.1 Å². The SMILES string of the molecule is COc1ccc(CCNC(=O)/C(C#N)=C\NCCC(=O)O)cc1OC. The van der Waals surface area contributed by atoms with Crippen molar-refractivity contribution in [3.8, 4) is 17.6 Å². The summed E-state index contributed by atoms with van der Waals surface area (Å²) in [4.78, 5) is 22.3. The van der Waals surface area contributed by atoms with Gasteiger partial charge in [-0.15, -0.1) is 0 Å². The van der Waals surface area contributed by atoms with Crippen LogP contribution in [0.4, 0.5) is 0 Å². The van der Waals surface area contributed by atoms with E-state index in [1.54, 1.807) is 26.4 Å². The molecular formula is C17H21N3O5. The van der Waals surface area contributed by atoms with Gasteiger partial charge >= 0.3 is 5.97 Å². The van der Waals surface area contributed by atoms with Gasteiger partial charge in [-0.25, -0.2) is 0 Å². The van der Waals surface area contributed by atoms with Crippen molar-refractivity contribution in [2.45, 2.75) is 12.8 Å². The number of methoxy groups -OCH3 is 2. The first-order valence-corrected chi connectivity index (χ1v) is 7.56. The molecule has 0 aromatic heterocycles. The third-order valence-corrected chi connectivity index (χ3v) is 3.24. The summed E-state index contributed by atoms with van der Waals surface area (Å²) in [6, 6.07) is 7.24. The Morgan fingerprint density at radius 1 is 1.24 bits per heavy atom. The van der Waals surface area contributed by atoms with Gasteiger partial charge in [0.25, 0.3) is 5.91 Å². The van der Waals surface area contributed by atoms with Crippen LogP contribution in [0.1, 0.15) is 12.0 Å². The number of nitriles is 1. The quantitative estimate of drug-likeness (QED) is 0.326. The standard InChI is InChI=1S/C17H21N3O5/c1-24-14-4-3-12(9-15(14)25-2)5-8-20-17(23)13(10-18)11-19-7-6-16(21)22/h3-4,9,11,19H,5-8H2,1-2H3,(H,20,23)(H,21,22)/b13-11-. The van der Waals surface area contributed by atoms with Gasteiger partial charge in [-0.05, 0) is 24.1 Å². The zero-order valence-corrected chi connectivity index (χ0v) is 14.2. The average molecular weight is 347 g/mol. The van der Waals surface area contributed by atoms with Crippen LogP contribution in [0.2, 0.25) is 0 Å². The third kappa shape index (κ3) is 6.83. The number of carboxylic acid groups (broad SMARTS) is 1. The number of nitrogens with one attached hydrogen (secondary N) is 2. The Hall–Kier alpha value is -3.21. The lowest BCUT2D eigenvalue weighted by Crippen LogP contribution is -2.28. The average Bonchev–Trinajstić information content (AvgIpc) is 2.61. The summed E-state index contributed by atoms with van der Waals surface area (Å²) < 4.78 is 10.4. The second kappa shape index (κ2) is 10.5. The van der Waals surface area contributed by atoms with Crippen LogP contribution in [-0.2, 0) is 16.0 Å². The molecule has 1 rings (SSSR count). The maximum Gasteiger partial charge on any atom is 0.305 e. The maximum atomic E-state index is 11.9. The van der Waals surface area contributed by atoms with Gasteiger partial charge in [-0.2, -0.15) is 5.26 Å². The van der Waals surface area contributed by atoms with Crippen molar-refractivity contribution in [1.29, 1.82) is 5.26 Å². The highest BCUT2D eigenvalue weighted by atomic mass is 16.5. The predicted octanol–water partition coefficient (Wildman–Crippen LogP) is 0.834. The van der Waals surface area contributed by atoms with E-state index in [-0.39, 0.29) is 18.5 Å². The molecule has 0 saturated carbocycles. The lowest BCUT2D eigenvalue weighted by molar-refractivity contribution is -0.136. The summed E-state index contributed by atoms with van der Waals surface area (Å²) in [5.74, 6) is -0.256. The molecule has 3 N–H and O–H groups in total. The number of ether oxygens (including phenoxy) is 2. The summed E-state index contributed by atoms with van der Waals surface area (Å²) in [7, 11) is 3.10. The van der Waals surface area contributed by atoms with E-state index in [1.165, 1.54) is 6.20 Å². The summed E-state index contributed by atoms with van der Waals surface area (Å²) in [5.41, 5.74) is 0.831. The predicted molar refractivity (Wildman–Crippen MR) is 90.2 cm³/mol. The van der Waals surface area contributed by atoms with Gasteiger partial charge in [0.2, 0.25) is 0 Å². The van der Waals surface area contributed by atoms with E-state index in [0.29, 0.717) is 24.5 Å². The molecular weight excluding hydrogens is 326 g/mol. The van der Waals surface area contributed by atoms with Gasteiger partial charge < -0.3 is 25.2 Å². The van der Waals surface area contributed by atoms with E-state index >= 15 is 0 Å². The number of carbonyl (C=O) groups is 2. The van der Waals surface area contributed by atoms with Crippen molar-refractivity contribution in [2.24, 2.45) is 0 Å². The van der Waals surface area contributed by atoms with Crippen LogP contribution >= 0.6 is 0 Å². The molecule has 0 aliphatic carbocycles. The van der Waals surface area contributed by atoms with Gasteiger partial charge in [0.15, 0.2) is 11.5 Å². The minimum atomic E-state index is -0.959. The molecule has 0 radical (unpaired) electrons. The van der Waals surface area contributed by atoms with Crippen LogP contribution in [-0.4, -0.2) is 44.3 Å². The number of nitrogens with zero attached hydrogens (tertiary/aromatic N) is 1. The monoisotopic (exact) mass is 347 g/mol. The lowest BCUT2D eigenvalue weighted by atomic mass is 10.1. The minimum absolute atomic E-state index is 0.101. The Morgan fingerprint density at radius 2 is 1.96 bits per heavy atom. The minimum Gasteiger partial charge on any atom is -0.493 e. The highest BCUT2D eigenvalue weighted by Crippen LogP contribution is 2.27. The molecule has 8 heteroatoms. The Kier molecular flexibility index (Phi) is 8.37. The zero-order valence-electron chi connectivity index (χ0n) is 14.2. The fourth-order valence-corrected chi connectivity index (χ4v) is 1.95. The Morgan fingerprint density at radius 3 is 2.56 bits per heavy atom. The first-order valence-electron chi connectivity index (χ1n) is 7.56. The highest BCUT2D eigenvalue weighted by molar-refractivity contribution is 5.97. The van der Waals surface area contributed by atoms with E-state index in [4.69, 9.17) is 19.8 Å². The summed E-state index contributed by atoms with van der Waals surface area (Å²) >= 11 is 0. The number of carbonyl (C=O) groups excluding carboxylic acids is 1. The molecule has 0 bridgehead atoms. The van der Waals surface area contributed by atoms with E-state index < -0.39 is 11.9 Å². The van der Waals surface area contributed by atoms with E-state index in [9.17, 15) is 9.59 Å². The lowest BCUT2D eigenvalue weighted by Gasteiger charge is -2.10. The highest BCUT2D eigenvalue weighted by Gasteiger charge is 2.09. The number of amides is 1. The first-order chi connectivity index (χ1) is 12.0. The third-order valence-electron chi connectivity index (χ3n) is 3.24. The number of carboxylic acids is 1. The van der Waals surface area contributed by atoms with Gasteiger partial charge in [-0.1, -0.05) is 6.07 Å². The smallest absolute Gasteiger partial charge is 0.305 e. The van der Waals surface area contributed by atoms with Crippen molar-refractivity contribution in [3.05, 3.63) is 35.5 Å². The molecule has 0 aliphatic rings. The molecule has 0 atom stereocenters. The van der Waals surface area contributed by atoms with Crippen molar-refractivity contribution < 1.29 is 24.2 Å². The Labute approximate surface area is 146 Å². The fourth-order valence-electron chi connectivity index (χ4n) is 1.95. The topological polar surface area (TPSA) is 121 Å². The Balaban J connectivity index is 2.51. The molecule has 134 valence electrons. The maximum absolute atomic E-state index is 11.9. The second-order valence-corrected chi connectivity index (χ2v) is 4.96. The molecule has 1 amide bonds. The van der Waals surface area contributed by atoms with E-state index in [1.807, 2.05) is 12.1 Å². The normalized spacial score (nSPS) is 10.5. The number of benzene rings is 1. The molecule has 1 aromatic rings. The molecule has 0 saturated heterocycles. The van der Waals surface area contributed by atoms with Crippen molar-refractivity contribution in [1.82, 2.24) is 10.6 Å². The molecule has 0 aliphatic heterocycles. The summed E-state index contributed by atoms with van der Waals surface area (Å²) in [6.07, 6.45) is 1.67. The van der Waals surface area contributed by atoms with Gasteiger partial charge in [-0.3, -0.25) is 9.59 Å². The second-order valence-electron chi connectivity index (χ2n) is 4.96. The zero-order chi connectivity index (χ0) is 18.7. The van der Waals surface area contributed by atoms with Gasteiger partial charge in [0.1, 0.15) is 11.6 Å². The van der Waals surface area contributed by atoms with Gasteiger partial charge in [0.05, 0.1) is 20.6 Å². The van der Waals surface area contributed by atoms with E-state index in [2.05, 4.69) is 10.6 Å². The molecule has 25 heavy (non-hydrogen) atoms. The van der Waals surface area contributed by atoms with Crippen LogP contribution in [0.25, 0.3) is 0 Å². The molecule has 0 heterocycles. The first kappa shape index (κ1) is 19.8. The Bertz CT molecular complexity index is 679. The fraction of sp³-hybridized carbons (Fsp3) is 0.353. The summed E-state index contributed by atoms with van der Waals surface area (Å²) in [5, 5.41) is 22.8. The number of aliphatic carboxylic acids is 1. The van der Waals surface area contributed by atoms with Crippen molar-refractivity contribution >= 4 is 11.9 Å². The summed E-state index contributed by atoms with van der Waals surface area (Å²) in [6.45, 7) is 0.474. The number of rotatable bonds is 10. The van der Waals surface area contributed by atoms with Crippen LogP contribution in [0.3, 0.4) is 0 Å². The van der Waals surface area contributed by atoms with Crippen molar-refractivity contribution in [3.63, 3.8) is 0 Å². The van der Waals surface area contributed by atoms with Crippen LogP contribution in [0.15, 0.2) is 30.0 Å². The van der Waals surface area contributed by atoms with Crippen molar-refractivity contribution in [2.75, 3.05) is 27.3 Å². The van der Waals surface area contributed by atoms with Crippen LogP contribution in [0, 0.1) is 11.3 Å². The molecule has 0 spiro atoms.